The fourth-order valence-corrected chi connectivity index (χ4v) is 4.17. The zero-order valence-corrected chi connectivity index (χ0v) is 19.4. The fraction of sp³-hybridized carbons (Fsp3) is 0.115. The Morgan fingerprint density at radius 2 is 1.78 bits per heavy atom. The molecule has 10 heteroatoms. The maximum atomic E-state index is 13.0. The number of nitrogens with two attached hydrogens (primary N) is 1. The van der Waals surface area contributed by atoms with Gasteiger partial charge in [0.2, 0.25) is 0 Å². The Labute approximate surface area is 204 Å². The van der Waals surface area contributed by atoms with Crippen LogP contribution < -0.4 is 11.3 Å². The van der Waals surface area contributed by atoms with Gasteiger partial charge in [-0.3, -0.25) is 14.6 Å². The number of hydrogen-bond donors (Lipinski definition) is 4. The van der Waals surface area contributed by atoms with Crippen molar-refractivity contribution in [1.29, 1.82) is 0 Å². The first-order valence-electron chi connectivity index (χ1n) is 11.2. The molecule has 0 amide bonds. The minimum Gasteiger partial charge on any atom is -0.481 e. The van der Waals surface area contributed by atoms with Crippen molar-refractivity contribution in [2.75, 3.05) is 0 Å². The highest BCUT2D eigenvalue weighted by Gasteiger charge is 2.16. The number of aromatic nitrogens is 6. The summed E-state index contributed by atoms with van der Waals surface area (Å²) in [7, 11) is 0. The van der Waals surface area contributed by atoms with Gasteiger partial charge in [0.15, 0.2) is 0 Å². The van der Waals surface area contributed by atoms with E-state index >= 15 is 0 Å². The van der Waals surface area contributed by atoms with Gasteiger partial charge in [-0.15, -0.1) is 0 Å². The van der Waals surface area contributed by atoms with Crippen LogP contribution in [0.5, 0.6) is 0 Å². The van der Waals surface area contributed by atoms with Gasteiger partial charge in [-0.25, -0.2) is 9.97 Å². The number of aliphatic carboxylic acids is 1. The molecule has 0 atom stereocenters. The number of hydrogen-bond acceptors (Lipinski definition) is 6. The van der Waals surface area contributed by atoms with Gasteiger partial charge in [-0.2, -0.15) is 0 Å². The number of nitrogens with one attached hydrogen (secondary N) is 2. The van der Waals surface area contributed by atoms with Crippen LogP contribution >= 0.6 is 0 Å². The predicted molar refractivity (Wildman–Crippen MR) is 137 cm³/mol. The third kappa shape index (κ3) is 4.44. The molecule has 0 aliphatic rings. The van der Waals surface area contributed by atoms with Crippen LogP contribution in [0, 0.1) is 0 Å². The van der Waals surface area contributed by atoms with Gasteiger partial charge in [0.25, 0.3) is 11.5 Å². The van der Waals surface area contributed by atoms with Crippen LogP contribution in [0.1, 0.15) is 18.3 Å². The van der Waals surface area contributed by atoms with Crippen molar-refractivity contribution >= 4 is 38.9 Å². The van der Waals surface area contributed by atoms with Crippen molar-refractivity contribution in [3.8, 4) is 11.3 Å². The van der Waals surface area contributed by atoms with Crippen LogP contribution in [0.15, 0.2) is 71.9 Å². The summed E-state index contributed by atoms with van der Waals surface area (Å²) < 4.78 is 2.09. The molecule has 10 nitrogen and oxygen atoms in total. The quantitative estimate of drug-likeness (QED) is 0.301. The van der Waals surface area contributed by atoms with Gasteiger partial charge in [-0.05, 0) is 30.3 Å². The maximum absolute atomic E-state index is 13.0. The first-order valence-corrected chi connectivity index (χ1v) is 11.2. The number of imidazole rings is 1. The van der Waals surface area contributed by atoms with Gasteiger partial charge in [-0.1, -0.05) is 24.3 Å². The Bertz CT molecular complexity index is 1780. The number of aromatic amines is 2. The molecule has 0 bridgehead atoms. The number of carbonyl (C=O) groups is 1. The molecule has 0 fully saturated rings. The molecular weight excluding hydrogens is 458 g/mol. The van der Waals surface area contributed by atoms with Gasteiger partial charge in [0.05, 0.1) is 46.3 Å². The molecule has 0 unspecified atom stereocenters. The number of carboxylic acid groups (broad SMARTS) is 1. The van der Waals surface area contributed by atoms with Crippen molar-refractivity contribution in [2.24, 2.45) is 5.73 Å². The third-order valence-corrected chi connectivity index (χ3v) is 5.68. The summed E-state index contributed by atoms with van der Waals surface area (Å²) in [6, 6.07) is 17.6. The predicted octanol–water partition coefficient (Wildman–Crippen LogP) is 3.41. The molecule has 4 aromatic heterocycles. The summed E-state index contributed by atoms with van der Waals surface area (Å²) in [6.45, 7) is 2.04. The van der Waals surface area contributed by atoms with Crippen LogP contribution in [-0.4, -0.2) is 40.6 Å². The molecule has 0 aliphatic heterocycles. The molecule has 0 aliphatic carbocycles. The highest BCUT2D eigenvalue weighted by atomic mass is 16.4. The zero-order valence-electron chi connectivity index (χ0n) is 19.4. The van der Waals surface area contributed by atoms with E-state index in [0.29, 0.717) is 29.8 Å². The average molecular weight is 482 g/mol. The van der Waals surface area contributed by atoms with E-state index in [1.54, 1.807) is 6.33 Å². The number of para-hydroxylation sites is 1. The average Bonchev–Trinajstić information content (AvgIpc) is 3.46. The molecule has 6 aromatic rings. The minimum absolute atomic E-state index is 0.237. The number of carboxylic acids is 1. The van der Waals surface area contributed by atoms with Crippen LogP contribution in [0.4, 0.5) is 0 Å². The van der Waals surface area contributed by atoms with Crippen molar-refractivity contribution in [2.45, 2.75) is 20.0 Å². The first kappa shape index (κ1) is 22.9. The Morgan fingerprint density at radius 3 is 2.58 bits per heavy atom. The number of nitrogens with zero attached hydrogens (tertiary/aromatic N) is 4. The van der Waals surface area contributed by atoms with Gasteiger partial charge < -0.3 is 25.4 Å². The second-order valence-electron chi connectivity index (χ2n) is 8.23. The second kappa shape index (κ2) is 9.43. The molecule has 36 heavy (non-hydrogen) atoms. The van der Waals surface area contributed by atoms with Crippen molar-refractivity contribution < 1.29 is 9.90 Å². The largest absolute Gasteiger partial charge is 0.481 e. The molecule has 0 saturated heterocycles. The molecule has 2 aromatic carbocycles. The SMILES string of the molecule is CC(=O)O.NCc1cccc(Cn2cc(-c3nc4cc5[nH]cnc5cc4[nH]c3=O)c3ccccc32)n1. The first-order chi connectivity index (χ1) is 17.4. The Morgan fingerprint density at radius 1 is 1.03 bits per heavy atom. The van der Waals surface area contributed by atoms with E-state index in [-0.39, 0.29) is 5.56 Å². The normalized spacial score (nSPS) is 11.1. The molecule has 4 heterocycles. The number of rotatable bonds is 4. The lowest BCUT2D eigenvalue weighted by atomic mass is 10.1. The summed E-state index contributed by atoms with van der Waals surface area (Å²) >= 11 is 0. The van der Waals surface area contributed by atoms with Crippen LogP contribution in [-0.2, 0) is 17.9 Å². The smallest absolute Gasteiger partial charge is 0.300 e. The maximum Gasteiger partial charge on any atom is 0.300 e. The van der Waals surface area contributed by atoms with E-state index in [9.17, 15) is 4.79 Å². The van der Waals surface area contributed by atoms with Gasteiger partial charge in [0.1, 0.15) is 5.69 Å². The van der Waals surface area contributed by atoms with E-state index in [4.69, 9.17) is 20.6 Å². The Kier molecular flexibility index (Phi) is 6.01. The Balaban J connectivity index is 0.000000623. The van der Waals surface area contributed by atoms with Crippen molar-refractivity contribution in [3.63, 3.8) is 0 Å². The van der Waals surface area contributed by atoms with E-state index in [1.807, 2.05) is 60.8 Å². The molecule has 5 N–H and O–H groups in total. The van der Waals surface area contributed by atoms with Crippen molar-refractivity contribution in [1.82, 2.24) is 29.5 Å². The number of pyridine rings is 1. The standard InChI is InChI=1S/C24H19N7O.C2H4O2/c25-10-14-4-3-5-15(28-14)11-31-12-17(16-6-1-2-7-22(16)31)23-24(32)30-21-9-19-18(26-13-27-19)8-20(21)29-23;1-2(3)4/h1-9,12-13H,10-11,25H2,(H,26,27)(H,30,32);1H3,(H,3,4). The summed E-state index contributed by atoms with van der Waals surface area (Å²) in [5.41, 5.74) is 12.4. The molecule has 0 radical (unpaired) electrons. The minimum atomic E-state index is -0.833. The topological polar surface area (TPSA) is 156 Å². The summed E-state index contributed by atoms with van der Waals surface area (Å²) in [5.74, 6) is -0.833. The van der Waals surface area contributed by atoms with E-state index in [2.05, 4.69) is 24.5 Å². The van der Waals surface area contributed by atoms with Crippen molar-refractivity contribution in [3.05, 3.63) is 88.9 Å². The molecule has 180 valence electrons. The van der Waals surface area contributed by atoms with Gasteiger partial charge >= 0.3 is 0 Å². The van der Waals surface area contributed by atoms with E-state index < -0.39 is 5.97 Å². The summed E-state index contributed by atoms with van der Waals surface area (Å²) in [4.78, 5) is 41.7. The van der Waals surface area contributed by atoms with E-state index in [0.717, 1.165) is 45.8 Å². The lowest BCUT2D eigenvalue weighted by Gasteiger charge is -2.06. The number of fused-ring (bicyclic) bond motifs is 3. The third-order valence-electron chi connectivity index (χ3n) is 5.68. The molecule has 6 rings (SSSR count). The molecule has 0 spiro atoms. The van der Waals surface area contributed by atoms with Crippen LogP contribution in [0.2, 0.25) is 0 Å². The molecular formula is C26H23N7O3. The van der Waals surface area contributed by atoms with Crippen LogP contribution in [0.3, 0.4) is 0 Å². The van der Waals surface area contributed by atoms with Crippen LogP contribution in [0.25, 0.3) is 44.2 Å². The number of H-pyrrole nitrogens is 2. The fourth-order valence-electron chi connectivity index (χ4n) is 4.17. The second-order valence-corrected chi connectivity index (χ2v) is 8.23. The lowest BCUT2D eigenvalue weighted by Crippen LogP contribution is -2.11. The lowest BCUT2D eigenvalue weighted by molar-refractivity contribution is -0.134. The van der Waals surface area contributed by atoms with Gasteiger partial charge in [0, 0.05) is 36.1 Å². The molecule has 0 saturated carbocycles. The zero-order chi connectivity index (χ0) is 25.2. The number of benzene rings is 2. The summed E-state index contributed by atoms with van der Waals surface area (Å²) in [6.07, 6.45) is 3.60. The highest BCUT2D eigenvalue weighted by Crippen LogP contribution is 2.29. The monoisotopic (exact) mass is 481 g/mol. The highest BCUT2D eigenvalue weighted by molar-refractivity contribution is 5.97. The Hall–Kier alpha value is -4.83. The van der Waals surface area contributed by atoms with E-state index in [1.165, 1.54) is 0 Å². The summed E-state index contributed by atoms with van der Waals surface area (Å²) in [5, 5.41) is 8.38.